The zero-order valence-corrected chi connectivity index (χ0v) is 9.58. The molecule has 5 nitrogen and oxygen atoms in total. The Kier molecular flexibility index (Phi) is 3.27. The van der Waals surface area contributed by atoms with Gasteiger partial charge in [0.2, 0.25) is 0 Å². The Balaban J connectivity index is 2.26. The Morgan fingerprint density at radius 3 is 3.12 bits per heavy atom. The number of carbonyl (C=O) groups excluding carboxylic acids is 2. The standard InChI is InChI=1S/C12H14N2O3/c1-2-6-13-12(16)8-4-3-5-9-11(8)17-7-10(15)14-9/h3-5H,2,6-7H2,1H3,(H,13,16)(H,14,15). The predicted molar refractivity (Wildman–Crippen MR) is 63.2 cm³/mol. The fourth-order valence-corrected chi connectivity index (χ4v) is 1.63. The van der Waals surface area contributed by atoms with E-state index in [-0.39, 0.29) is 18.4 Å². The van der Waals surface area contributed by atoms with Crippen molar-refractivity contribution in [1.82, 2.24) is 5.32 Å². The van der Waals surface area contributed by atoms with Crippen molar-refractivity contribution in [1.29, 1.82) is 0 Å². The van der Waals surface area contributed by atoms with E-state index in [1.165, 1.54) is 0 Å². The molecule has 0 radical (unpaired) electrons. The van der Waals surface area contributed by atoms with Gasteiger partial charge in [0.25, 0.3) is 11.8 Å². The van der Waals surface area contributed by atoms with Crippen molar-refractivity contribution in [3.63, 3.8) is 0 Å². The van der Waals surface area contributed by atoms with Crippen LogP contribution in [-0.2, 0) is 4.79 Å². The number of carbonyl (C=O) groups is 2. The van der Waals surface area contributed by atoms with Gasteiger partial charge < -0.3 is 15.4 Å². The van der Waals surface area contributed by atoms with Gasteiger partial charge in [0, 0.05) is 6.54 Å². The van der Waals surface area contributed by atoms with Gasteiger partial charge in [-0.05, 0) is 18.6 Å². The quantitative estimate of drug-likeness (QED) is 0.824. The summed E-state index contributed by atoms with van der Waals surface area (Å²) in [7, 11) is 0. The van der Waals surface area contributed by atoms with Crippen LogP contribution in [0, 0.1) is 0 Å². The number of para-hydroxylation sites is 1. The molecule has 1 aliphatic rings. The third kappa shape index (κ3) is 2.38. The molecular weight excluding hydrogens is 220 g/mol. The Morgan fingerprint density at radius 2 is 2.35 bits per heavy atom. The van der Waals surface area contributed by atoms with E-state index in [2.05, 4.69) is 10.6 Å². The number of hydrogen-bond donors (Lipinski definition) is 2. The molecule has 0 bridgehead atoms. The first-order chi connectivity index (χ1) is 8.22. The van der Waals surface area contributed by atoms with Crippen LogP contribution in [0.4, 0.5) is 5.69 Å². The zero-order chi connectivity index (χ0) is 12.3. The molecule has 0 spiro atoms. The molecule has 0 unspecified atom stereocenters. The lowest BCUT2D eigenvalue weighted by molar-refractivity contribution is -0.118. The van der Waals surface area contributed by atoms with Gasteiger partial charge in [-0.1, -0.05) is 13.0 Å². The second kappa shape index (κ2) is 4.86. The van der Waals surface area contributed by atoms with Crippen molar-refractivity contribution in [2.75, 3.05) is 18.5 Å². The molecule has 0 atom stereocenters. The normalized spacial score (nSPS) is 13.4. The number of amides is 2. The molecule has 17 heavy (non-hydrogen) atoms. The van der Waals surface area contributed by atoms with Crippen LogP contribution < -0.4 is 15.4 Å². The van der Waals surface area contributed by atoms with Crippen LogP contribution in [0.1, 0.15) is 23.7 Å². The number of nitrogens with one attached hydrogen (secondary N) is 2. The zero-order valence-electron chi connectivity index (χ0n) is 9.58. The van der Waals surface area contributed by atoms with Gasteiger partial charge in [-0.3, -0.25) is 9.59 Å². The van der Waals surface area contributed by atoms with Crippen LogP contribution in [0.2, 0.25) is 0 Å². The third-order valence-corrected chi connectivity index (χ3v) is 2.42. The van der Waals surface area contributed by atoms with Crippen molar-refractivity contribution < 1.29 is 14.3 Å². The lowest BCUT2D eigenvalue weighted by Crippen LogP contribution is -2.29. The van der Waals surface area contributed by atoms with Crippen LogP contribution in [-0.4, -0.2) is 25.0 Å². The molecule has 1 heterocycles. The molecule has 0 aliphatic carbocycles. The van der Waals surface area contributed by atoms with E-state index in [1.807, 2.05) is 6.92 Å². The van der Waals surface area contributed by atoms with Crippen molar-refractivity contribution in [2.24, 2.45) is 0 Å². The maximum atomic E-state index is 11.9. The van der Waals surface area contributed by atoms with Gasteiger partial charge >= 0.3 is 0 Å². The Hall–Kier alpha value is -2.04. The van der Waals surface area contributed by atoms with E-state index in [9.17, 15) is 9.59 Å². The second-order valence-corrected chi connectivity index (χ2v) is 3.78. The summed E-state index contributed by atoms with van der Waals surface area (Å²) < 4.78 is 5.30. The number of benzene rings is 1. The summed E-state index contributed by atoms with van der Waals surface area (Å²) in [6, 6.07) is 5.11. The van der Waals surface area contributed by atoms with Crippen molar-refractivity contribution in [2.45, 2.75) is 13.3 Å². The number of rotatable bonds is 3. The van der Waals surface area contributed by atoms with Gasteiger partial charge in [0.05, 0.1) is 11.3 Å². The van der Waals surface area contributed by atoms with Crippen LogP contribution in [0.25, 0.3) is 0 Å². The van der Waals surface area contributed by atoms with Crippen LogP contribution >= 0.6 is 0 Å². The number of fused-ring (bicyclic) bond motifs is 1. The molecule has 2 N–H and O–H groups in total. The minimum Gasteiger partial charge on any atom is -0.481 e. The molecule has 0 fully saturated rings. The first kappa shape index (κ1) is 11.4. The van der Waals surface area contributed by atoms with Crippen LogP contribution in [0.15, 0.2) is 18.2 Å². The summed E-state index contributed by atoms with van der Waals surface area (Å²) in [5.74, 6) is 0.0594. The molecule has 2 amide bonds. The summed E-state index contributed by atoms with van der Waals surface area (Å²) >= 11 is 0. The highest BCUT2D eigenvalue weighted by Gasteiger charge is 2.21. The average molecular weight is 234 g/mol. The number of ether oxygens (including phenoxy) is 1. The number of anilines is 1. The Morgan fingerprint density at radius 1 is 1.53 bits per heavy atom. The first-order valence-corrected chi connectivity index (χ1v) is 5.56. The summed E-state index contributed by atoms with van der Waals surface area (Å²) in [6.07, 6.45) is 0.873. The van der Waals surface area contributed by atoms with Gasteiger partial charge in [-0.15, -0.1) is 0 Å². The maximum Gasteiger partial charge on any atom is 0.262 e. The van der Waals surface area contributed by atoms with Gasteiger partial charge in [-0.2, -0.15) is 0 Å². The van der Waals surface area contributed by atoms with E-state index in [0.29, 0.717) is 23.5 Å². The van der Waals surface area contributed by atoms with Gasteiger partial charge in [-0.25, -0.2) is 0 Å². The average Bonchev–Trinajstić information content (AvgIpc) is 2.34. The van der Waals surface area contributed by atoms with E-state index in [4.69, 9.17) is 4.74 Å². The molecule has 1 aromatic rings. The van der Waals surface area contributed by atoms with Crippen LogP contribution in [0.5, 0.6) is 5.75 Å². The fraction of sp³-hybridized carbons (Fsp3) is 0.333. The molecule has 1 aromatic carbocycles. The molecule has 0 saturated heterocycles. The summed E-state index contributed by atoms with van der Waals surface area (Å²) in [5, 5.41) is 5.45. The minimum absolute atomic E-state index is 0.0505. The van der Waals surface area contributed by atoms with E-state index in [1.54, 1.807) is 18.2 Å². The molecule has 0 aromatic heterocycles. The van der Waals surface area contributed by atoms with E-state index >= 15 is 0 Å². The first-order valence-electron chi connectivity index (χ1n) is 5.56. The molecule has 90 valence electrons. The highest BCUT2D eigenvalue weighted by molar-refractivity contribution is 6.03. The van der Waals surface area contributed by atoms with E-state index in [0.717, 1.165) is 6.42 Å². The molecule has 5 heteroatoms. The highest BCUT2D eigenvalue weighted by atomic mass is 16.5. The topological polar surface area (TPSA) is 67.4 Å². The van der Waals surface area contributed by atoms with Gasteiger partial charge in [0.15, 0.2) is 12.4 Å². The lowest BCUT2D eigenvalue weighted by atomic mass is 10.1. The lowest BCUT2D eigenvalue weighted by Gasteiger charge is -2.20. The highest BCUT2D eigenvalue weighted by Crippen LogP contribution is 2.31. The molecule has 1 aliphatic heterocycles. The molecule has 0 saturated carbocycles. The third-order valence-electron chi connectivity index (χ3n) is 2.42. The minimum atomic E-state index is -0.205. The SMILES string of the molecule is CCCNC(=O)c1cccc2c1OCC(=O)N2. The van der Waals surface area contributed by atoms with E-state index < -0.39 is 0 Å². The Labute approximate surface area is 99.2 Å². The summed E-state index contributed by atoms with van der Waals surface area (Å²) in [4.78, 5) is 23.0. The van der Waals surface area contributed by atoms with Crippen LogP contribution in [0.3, 0.4) is 0 Å². The van der Waals surface area contributed by atoms with Gasteiger partial charge in [0.1, 0.15) is 0 Å². The molecule has 2 rings (SSSR count). The second-order valence-electron chi connectivity index (χ2n) is 3.78. The largest absolute Gasteiger partial charge is 0.481 e. The maximum absolute atomic E-state index is 11.9. The predicted octanol–water partition coefficient (Wildman–Crippen LogP) is 1.16. The van der Waals surface area contributed by atoms with Crippen molar-refractivity contribution >= 4 is 17.5 Å². The number of hydrogen-bond acceptors (Lipinski definition) is 3. The monoisotopic (exact) mass is 234 g/mol. The smallest absolute Gasteiger partial charge is 0.262 e. The fourth-order valence-electron chi connectivity index (χ4n) is 1.63. The summed E-state index contributed by atoms with van der Waals surface area (Å²) in [6.45, 7) is 2.55. The van der Waals surface area contributed by atoms with Crippen molar-refractivity contribution in [3.8, 4) is 5.75 Å². The van der Waals surface area contributed by atoms with Crippen molar-refractivity contribution in [3.05, 3.63) is 23.8 Å². The molecular formula is C12H14N2O3. The summed E-state index contributed by atoms with van der Waals surface area (Å²) in [5.41, 5.74) is 1.00. The Bertz CT molecular complexity index is 457.